The summed E-state index contributed by atoms with van der Waals surface area (Å²) in [5, 5.41) is 10.1. The van der Waals surface area contributed by atoms with E-state index in [-0.39, 0.29) is 12.3 Å². The molecule has 1 atom stereocenters. The summed E-state index contributed by atoms with van der Waals surface area (Å²) in [4.78, 5) is 11.4. The number of carbonyl (C=O) groups is 1. The smallest absolute Gasteiger partial charge is 0.238 e. The Bertz CT molecular complexity index is 378. The van der Waals surface area contributed by atoms with Gasteiger partial charge in [0, 0.05) is 13.5 Å². The van der Waals surface area contributed by atoms with Gasteiger partial charge in [-0.05, 0) is 0 Å². The summed E-state index contributed by atoms with van der Waals surface area (Å²) in [6.45, 7) is 0.299. The molecule has 0 aliphatic carbocycles. The lowest BCUT2D eigenvalue weighted by molar-refractivity contribution is -0.122. The average Bonchev–Trinajstić information content (AvgIpc) is 2.61. The van der Waals surface area contributed by atoms with Gasteiger partial charge < -0.3 is 15.6 Å². The molecule has 3 N–H and O–H groups in total. The van der Waals surface area contributed by atoms with E-state index in [2.05, 4.69) is 21.4 Å². The van der Waals surface area contributed by atoms with E-state index in [4.69, 9.17) is 12.2 Å². The molecule has 15 heavy (non-hydrogen) atoms. The Morgan fingerprint density at radius 2 is 2.60 bits per heavy atom. The Morgan fingerprint density at radius 1 is 1.87 bits per heavy atom. The zero-order valence-corrected chi connectivity index (χ0v) is 8.47. The molecule has 1 aromatic rings. The number of nitrogens with one attached hydrogen (secondary N) is 1. The average molecular weight is 207 g/mol. The van der Waals surface area contributed by atoms with Crippen LogP contribution in [-0.2, 0) is 18.4 Å². The summed E-state index contributed by atoms with van der Waals surface area (Å²) in [6, 6.07) is -0.664. The first kappa shape index (κ1) is 11.2. The van der Waals surface area contributed by atoms with E-state index in [1.165, 1.54) is 0 Å². The fourth-order valence-corrected chi connectivity index (χ4v) is 0.984. The molecule has 6 heteroatoms. The van der Waals surface area contributed by atoms with Crippen molar-refractivity contribution in [3.63, 3.8) is 0 Å². The van der Waals surface area contributed by atoms with Crippen molar-refractivity contribution in [2.45, 2.75) is 19.0 Å². The number of carbonyl (C=O) groups excluding carboxylic acids is 1. The summed E-state index contributed by atoms with van der Waals surface area (Å²) < 4.78 is 1.72. The van der Waals surface area contributed by atoms with Crippen LogP contribution in [0.3, 0.4) is 0 Å². The van der Waals surface area contributed by atoms with Gasteiger partial charge >= 0.3 is 0 Å². The van der Waals surface area contributed by atoms with Crippen molar-refractivity contribution < 1.29 is 4.79 Å². The van der Waals surface area contributed by atoms with Crippen molar-refractivity contribution in [2.75, 3.05) is 0 Å². The maximum absolute atomic E-state index is 11.4. The van der Waals surface area contributed by atoms with Crippen LogP contribution in [0.25, 0.3) is 0 Å². The van der Waals surface area contributed by atoms with Crippen molar-refractivity contribution in [2.24, 2.45) is 12.8 Å². The first-order chi connectivity index (χ1) is 7.15. The fourth-order valence-electron chi connectivity index (χ4n) is 0.984. The molecule has 1 aromatic heterocycles. The zero-order valence-electron chi connectivity index (χ0n) is 8.47. The first-order valence-electron chi connectivity index (χ1n) is 4.44. The molecule has 0 saturated heterocycles. The molecule has 0 saturated carbocycles. The molecule has 1 amide bonds. The molecule has 0 aliphatic heterocycles. The maximum Gasteiger partial charge on any atom is 0.238 e. The van der Waals surface area contributed by atoms with E-state index in [0.717, 1.165) is 0 Å². The minimum atomic E-state index is -0.664. The maximum atomic E-state index is 11.4. The lowest BCUT2D eigenvalue weighted by Gasteiger charge is -2.08. The predicted octanol–water partition coefficient (Wildman–Crippen LogP) is -1.22. The molecule has 0 aromatic carbocycles. The molecule has 1 heterocycles. The Hall–Kier alpha value is -1.87. The second-order valence-electron chi connectivity index (χ2n) is 3.09. The Labute approximate surface area is 87.9 Å². The summed E-state index contributed by atoms with van der Waals surface area (Å²) in [7, 11) is 1.79. The quantitative estimate of drug-likeness (QED) is 0.606. The van der Waals surface area contributed by atoms with Crippen molar-refractivity contribution in [3.05, 3.63) is 12.2 Å². The molecule has 6 nitrogen and oxygen atoms in total. The minimum absolute atomic E-state index is 0.227. The summed E-state index contributed by atoms with van der Waals surface area (Å²) >= 11 is 0. The number of aryl methyl sites for hydroxylation is 1. The zero-order chi connectivity index (χ0) is 11.3. The molecular formula is C9H13N5O. The molecule has 0 spiro atoms. The molecular weight excluding hydrogens is 194 g/mol. The van der Waals surface area contributed by atoms with Gasteiger partial charge in [0.1, 0.15) is 6.33 Å². The van der Waals surface area contributed by atoms with Crippen molar-refractivity contribution in [1.29, 1.82) is 0 Å². The highest BCUT2D eigenvalue weighted by Gasteiger charge is 2.12. The normalized spacial score (nSPS) is 11.8. The highest BCUT2D eigenvalue weighted by molar-refractivity contribution is 5.81. The molecule has 0 aliphatic rings. The largest absolute Gasteiger partial charge is 0.347 e. The van der Waals surface area contributed by atoms with E-state index in [9.17, 15) is 4.79 Å². The second-order valence-corrected chi connectivity index (χ2v) is 3.09. The Kier molecular flexibility index (Phi) is 3.83. The number of amides is 1. The van der Waals surface area contributed by atoms with Crippen LogP contribution in [0.15, 0.2) is 6.33 Å². The van der Waals surface area contributed by atoms with Gasteiger partial charge in [0.2, 0.25) is 5.91 Å². The van der Waals surface area contributed by atoms with E-state index in [1.807, 2.05) is 0 Å². The molecule has 1 rings (SSSR count). The van der Waals surface area contributed by atoms with Gasteiger partial charge in [0.25, 0.3) is 0 Å². The predicted molar refractivity (Wildman–Crippen MR) is 54.3 cm³/mol. The van der Waals surface area contributed by atoms with Crippen LogP contribution in [0, 0.1) is 12.3 Å². The van der Waals surface area contributed by atoms with Gasteiger partial charge in [0.05, 0.1) is 12.6 Å². The van der Waals surface area contributed by atoms with E-state index in [1.54, 1.807) is 17.9 Å². The number of nitrogens with two attached hydrogens (primary N) is 1. The van der Waals surface area contributed by atoms with Crippen molar-refractivity contribution in [3.8, 4) is 12.3 Å². The van der Waals surface area contributed by atoms with Crippen LogP contribution in [0.2, 0.25) is 0 Å². The molecule has 80 valence electrons. The lowest BCUT2D eigenvalue weighted by Crippen LogP contribution is -2.40. The number of rotatable bonds is 4. The van der Waals surface area contributed by atoms with Crippen LogP contribution in [-0.4, -0.2) is 26.7 Å². The number of hydrogen-bond acceptors (Lipinski definition) is 4. The number of aromatic nitrogens is 3. The van der Waals surface area contributed by atoms with E-state index in [0.29, 0.717) is 12.4 Å². The van der Waals surface area contributed by atoms with E-state index < -0.39 is 6.04 Å². The summed E-state index contributed by atoms with van der Waals surface area (Å²) in [5.74, 6) is 2.72. The summed E-state index contributed by atoms with van der Waals surface area (Å²) in [6.07, 6.45) is 6.83. The minimum Gasteiger partial charge on any atom is -0.347 e. The van der Waals surface area contributed by atoms with Gasteiger partial charge in [-0.2, -0.15) is 0 Å². The van der Waals surface area contributed by atoms with Crippen LogP contribution < -0.4 is 11.1 Å². The van der Waals surface area contributed by atoms with Crippen LogP contribution >= 0.6 is 0 Å². The van der Waals surface area contributed by atoms with Gasteiger partial charge in [-0.15, -0.1) is 22.5 Å². The van der Waals surface area contributed by atoms with Gasteiger partial charge in [-0.3, -0.25) is 4.79 Å². The standard InChI is InChI=1S/C9H13N5O/c1-3-4-7(10)9(15)11-5-8-13-12-6-14(8)2/h1,6-7H,4-5,10H2,2H3,(H,11,15). The third kappa shape index (κ3) is 3.07. The van der Waals surface area contributed by atoms with Gasteiger partial charge in [-0.1, -0.05) is 0 Å². The van der Waals surface area contributed by atoms with Crippen LogP contribution in [0.1, 0.15) is 12.2 Å². The van der Waals surface area contributed by atoms with Crippen molar-refractivity contribution in [1.82, 2.24) is 20.1 Å². The van der Waals surface area contributed by atoms with Crippen LogP contribution in [0.5, 0.6) is 0 Å². The second kappa shape index (κ2) is 5.12. The van der Waals surface area contributed by atoms with Gasteiger partial charge in [0.15, 0.2) is 5.82 Å². The fraction of sp³-hybridized carbons (Fsp3) is 0.444. The monoisotopic (exact) mass is 207 g/mol. The summed E-state index contributed by atoms with van der Waals surface area (Å²) in [5.41, 5.74) is 5.51. The number of nitrogens with zero attached hydrogens (tertiary/aromatic N) is 3. The SMILES string of the molecule is C#CCC(N)C(=O)NCc1nncn1C. The third-order valence-electron chi connectivity index (χ3n) is 1.90. The third-order valence-corrected chi connectivity index (χ3v) is 1.90. The first-order valence-corrected chi connectivity index (χ1v) is 4.44. The molecule has 0 radical (unpaired) electrons. The van der Waals surface area contributed by atoms with Crippen molar-refractivity contribution >= 4 is 5.91 Å². The molecule has 0 bridgehead atoms. The highest BCUT2D eigenvalue weighted by atomic mass is 16.2. The Balaban J connectivity index is 2.41. The number of hydrogen-bond donors (Lipinski definition) is 2. The van der Waals surface area contributed by atoms with E-state index >= 15 is 0 Å². The van der Waals surface area contributed by atoms with Gasteiger partial charge in [-0.25, -0.2) is 0 Å². The highest BCUT2D eigenvalue weighted by Crippen LogP contribution is 1.92. The molecule has 0 fully saturated rings. The Morgan fingerprint density at radius 3 is 3.13 bits per heavy atom. The molecule has 1 unspecified atom stereocenters. The topological polar surface area (TPSA) is 85.8 Å². The lowest BCUT2D eigenvalue weighted by atomic mass is 10.2. The van der Waals surface area contributed by atoms with Crippen LogP contribution in [0.4, 0.5) is 0 Å². The number of terminal acetylenes is 1.